The summed E-state index contributed by atoms with van der Waals surface area (Å²) in [5.74, 6) is -1.69. The van der Waals surface area contributed by atoms with Crippen LogP contribution in [-0.2, 0) is 0 Å². The van der Waals surface area contributed by atoms with Crippen LogP contribution in [0.3, 0.4) is 0 Å². The normalized spacial score (nSPS) is 10.3. The van der Waals surface area contributed by atoms with Crippen LogP contribution in [0.25, 0.3) is 0 Å². The minimum absolute atomic E-state index is 0.144. The second-order valence-electron chi connectivity index (χ2n) is 4.19. The van der Waals surface area contributed by atoms with Crippen molar-refractivity contribution < 1.29 is 19.0 Å². The molecule has 2 aromatic carbocycles. The van der Waals surface area contributed by atoms with Crippen LogP contribution in [0.5, 0.6) is 11.5 Å². The molecule has 20 heavy (non-hydrogen) atoms. The number of carbonyl (C=O) groups is 1. The van der Waals surface area contributed by atoms with Crippen LogP contribution >= 0.6 is 15.9 Å². The highest BCUT2D eigenvalue weighted by Crippen LogP contribution is 2.31. The third kappa shape index (κ3) is 2.91. The van der Waals surface area contributed by atoms with E-state index in [1.807, 2.05) is 6.07 Å². The Hall–Kier alpha value is -2.08. The molecule has 0 amide bonds. The molecule has 0 heterocycles. The van der Waals surface area contributed by atoms with E-state index in [0.29, 0.717) is 5.75 Å². The molecule has 0 saturated carbocycles. The largest absolute Gasteiger partial charge is 0.478 e. The molecule has 2 aromatic rings. The standard InChI is InChI=1S/C14H11BrFNO3/c1-7-4-8(15)2-3-12(7)20-13-5-9(14(18)19)11(17)6-10(13)16/h2-6H,17H2,1H3,(H,18,19). The first-order chi connectivity index (χ1) is 9.38. The van der Waals surface area contributed by atoms with Gasteiger partial charge in [-0.1, -0.05) is 15.9 Å². The number of aryl methyl sites for hydroxylation is 1. The maximum absolute atomic E-state index is 13.8. The van der Waals surface area contributed by atoms with Crippen molar-refractivity contribution in [3.05, 3.63) is 51.7 Å². The van der Waals surface area contributed by atoms with E-state index in [9.17, 15) is 9.18 Å². The number of carboxylic acids is 1. The van der Waals surface area contributed by atoms with E-state index in [4.69, 9.17) is 15.6 Å². The maximum atomic E-state index is 13.8. The molecule has 0 spiro atoms. The van der Waals surface area contributed by atoms with Gasteiger partial charge >= 0.3 is 5.97 Å². The lowest BCUT2D eigenvalue weighted by Gasteiger charge is -2.11. The maximum Gasteiger partial charge on any atom is 0.337 e. The summed E-state index contributed by atoms with van der Waals surface area (Å²) in [6, 6.07) is 7.23. The minimum atomic E-state index is -1.24. The zero-order chi connectivity index (χ0) is 14.9. The van der Waals surface area contributed by atoms with Gasteiger partial charge in [0.15, 0.2) is 11.6 Å². The molecule has 4 nitrogen and oxygen atoms in total. The molecule has 104 valence electrons. The number of nitrogen functional groups attached to an aromatic ring is 1. The fourth-order valence-corrected chi connectivity index (χ4v) is 2.15. The summed E-state index contributed by atoms with van der Waals surface area (Å²) in [5, 5.41) is 8.97. The molecular weight excluding hydrogens is 329 g/mol. The van der Waals surface area contributed by atoms with E-state index in [1.54, 1.807) is 19.1 Å². The third-order valence-corrected chi connectivity index (χ3v) is 3.18. The Kier molecular flexibility index (Phi) is 3.94. The number of aromatic carboxylic acids is 1. The molecule has 0 aliphatic heterocycles. The molecule has 2 rings (SSSR count). The van der Waals surface area contributed by atoms with E-state index < -0.39 is 11.8 Å². The van der Waals surface area contributed by atoms with Gasteiger partial charge < -0.3 is 15.6 Å². The first-order valence-electron chi connectivity index (χ1n) is 5.65. The Labute approximate surface area is 123 Å². The molecule has 0 atom stereocenters. The van der Waals surface area contributed by atoms with Gasteiger partial charge in [-0.3, -0.25) is 0 Å². The lowest BCUT2D eigenvalue weighted by atomic mass is 10.1. The van der Waals surface area contributed by atoms with Crippen LogP contribution in [-0.4, -0.2) is 11.1 Å². The summed E-state index contributed by atoms with van der Waals surface area (Å²) in [6.07, 6.45) is 0. The van der Waals surface area contributed by atoms with Crippen LogP contribution in [0.1, 0.15) is 15.9 Å². The smallest absolute Gasteiger partial charge is 0.337 e. The van der Waals surface area contributed by atoms with E-state index in [2.05, 4.69) is 15.9 Å². The van der Waals surface area contributed by atoms with E-state index >= 15 is 0 Å². The van der Waals surface area contributed by atoms with E-state index in [-0.39, 0.29) is 17.0 Å². The molecule has 0 saturated heterocycles. The number of anilines is 1. The van der Waals surface area contributed by atoms with Gasteiger partial charge in [-0.25, -0.2) is 9.18 Å². The van der Waals surface area contributed by atoms with E-state index in [0.717, 1.165) is 22.2 Å². The average molecular weight is 340 g/mol. The number of benzene rings is 2. The lowest BCUT2D eigenvalue weighted by Crippen LogP contribution is -2.04. The Morgan fingerprint density at radius 1 is 1.30 bits per heavy atom. The second kappa shape index (κ2) is 5.50. The summed E-state index contributed by atoms with van der Waals surface area (Å²) in [6.45, 7) is 1.80. The highest BCUT2D eigenvalue weighted by Gasteiger charge is 2.15. The predicted octanol–water partition coefficient (Wildman–Crippen LogP) is 3.97. The summed E-state index contributed by atoms with van der Waals surface area (Å²) in [7, 11) is 0. The van der Waals surface area contributed by atoms with Crippen molar-refractivity contribution in [2.24, 2.45) is 0 Å². The van der Waals surface area contributed by atoms with Crippen LogP contribution in [0.4, 0.5) is 10.1 Å². The molecule has 0 fully saturated rings. The number of hydrogen-bond donors (Lipinski definition) is 2. The summed E-state index contributed by atoms with van der Waals surface area (Å²) < 4.78 is 20.1. The van der Waals surface area contributed by atoms with Crippen molar-refractivity contribution in [1.82, 2.24) is 0 Å². The number of halogens is 2. The van der Waals surface area contributed by atoms with Crippen molar-refractivity contribution in [2.75, 3.05) is 5.73 Å². The van der Waals surface area contributed by atoms with Gasteiger partial charge in [-0.05, 0) is 30.7 Å². The van der Waals surface area contributed by atoms with Crippen molar-refractivity contribution >= 4 is 27.6 Å². The lowest BCUT2D eigenvalue weighted by molar-refractivity contribution is 0.0697. The molecule has 0 aromatic heterocycles. The van der Waals surface area contributed by atoms with Gasteiger partial charge in [0.1, 0.15) is 5.75 Å². The molecule has 0 radical (unpaired) electrons. The second-order valence-corrected chi connectivity index (χ2v) is 5.10. The molecule has 0 bridgehead atoms. The average Bonchev–Trinajstić information content (AvgIpc) is 2.35. The van der Waals surface area contributed by atoms with Crippen LogP contribution in [0, 0.1) is 12.7 Å². The quantitative estimate of drug-likeness (QED) is 0.830. The van der Waals surface area contributed by atoms with Crippen LogP contribution in [0.2, 0.25) is 0 Å². The van der Waals surface area contributed by atoms with Crippen LogP contribution in [0.15, 0.2) is 34.8 Å². The minimum Gasteiger partial charge on any atom is -0.478 e. The van der Waals surface area contributed by atoms with Crippen LogP contribution < -0.4 is 10.5 Å². The molecule has 0 aliphatic rings. The highest BCUT2D eigenvalue weighted by atomic mass is 79.9. The third-order valence-electron chi connectivity index (χ3n) is 2.69. The molecular formula is C14H11BrFNO3. The Bertz CT molecular complexity index is 688. The van der Waals surface area contributed by atoms with Gasteiger partial charge in [-0.2, -0.15) is 0 Å². The zero-order valence-corrected chi connectivity index (χ0v) is 12.1. The highest BCUT2D eigenvalue weighted by molar-refractivity contribution is 9.10. The summed E-state index contributed by atoms with van der Waals surface area (Å²) >= 11 is 3.31. The first-order valence-corrected chi connectivity index (χ1v) is 6.44. The van der Waals surface area contributed by atoms with Gasteiger partial charge in [0.05, 0.1) is 5.56 Å². The number of hydrogen-bond acceptors (Lipinski definition) is 3. The van der Waals surface area contributed by atoms with Gasteiger partial charge in [0.25, 0.3) is 0 Å². The number of nitrogens with two attached hydrogens (primary N) is 1. The fourth-order valence-electron chi connectivity index (χ4n) is 1.68. The van der Waals surface area contributed by atoms with Gasteiger partial charge in [0, 0.05) is 22.3 Å². The Balaban J connectivity index is 2.43. The Morgan fingerprint density at radius 2 is 2.00 bits per heavy atom. The molecule has 6 heteroatoms. The van der Waals surface area contributed by atoms with E-state index in [1.165, 1.54) is 0 Å². The fraction of sp³-hybridized carbons (Fsp3) is 0.0714. The van der Waals surface area contributed by atoms with Gasteiger partial charge in [0.2, 0.25) is 0 Å². The molecule has 3 N–H and O–H groups in total. The SMILES string of the molecule is Cc1cc(Br)ccc1Oc1cc(C(=O)O)c(N)cc1F. The molecule has 0 unspecified atom stereocenters. The number of carboxylic acid groups (broad SMARTS) is 1. The number of ether oxygens (including phenoxy) is 1. The Morgan fingerprint density at radius 3 is 2.60 bits per heavy atom. The molecule has 0 aliphatic carbocycles. The first kappa shape index (κ1) is 14.3. The topological polar surface area (TPSA) is 72.5 Å². The summed E-state index contributed by atoms with van der Waals surface area (Å²) in [4.78, 5) is 11.0. The van der Waals surface area contributed by atoms with Crippen molar-refractivity contribution in [1.29, 1.82) is 0 Å². The number of rotatable bonds is 3. The predicted molar refractivity (Wildman–Crippen MR) is 76.7 cm³/mol. The van der Waals surface area contributed by atoms with Crippen molar-refractivity contribution in [3.63, 3.8) is 0 Å². The zero-order valence-electron chi connectivity index (χ0n) is 10.5. The van der Waals surface area contributed by atoms with Gasteiger partial charge in [-0.15, -0.1) is 0 Å². The monoisotopic (exact) mass is 339 g/mol. The van der Waals surface area contributed by atoms with Crippen molar-refractivity contribution in [3.8, 4) is 11.5 Å². The van der Waals surface area contributed by atoms with Crippen molar-refractivity contribution in [2.45, 2.75) is 6.92 Å². The summed E-state index contributed by atoms with van der Waals surface area (Å²) in [5.41, 5.74) is 5.89.